The molecule has 6 nitrogen and oxygen atoms in total. The smallest absolute Gasteiger partial charge is 0.258 e. The van der Waals surface area contributed by atoms with Gasteiger partial charge in [0.25, 0.3) is 5.56 Å². The van der Waals surface area contributed by atoms with Gasteiger partial charge in [0.15, 0.2) is 0 Å². The summed E-state index contributed by atoms with van der Waals surface area (Å²) >= 11 is 0. The molecule has 0 saturated carbocycles. The lowest BCUT2D eigenvalue weighted by atomic mass is 9.96. The van der Waals surface area contributed by atoms with Crippen LogP contribution in [0.25, 0.3) is 21.9 Å². The predicted molar refractivity (Wildman–Crippen MR) is 115 cm³/mol. The first-order valence-corrected chi connectivity index (χ1v) is 9.58. The molecule has 1 unspecified atom stereocenters. The molecule has 1 N–H and O–H groups in total. The molecule has 0 bridgehead atoms. The van der Waals surface area contributed by atoms with Crippen molar-refractivity contribution in [3.63, 3.8) is 0 Å². The van der Waals surface area contributed by atoms with Crippen LogP contribution in [0.2, 0.25) is 0 Å². The maximum Gasteiger partial charge on any atom is 0.258 e. The fourth-order valence-electron chi connectivity index (χ4n) is 3.53. The molecule has 0 radical (unpaired) electrons. The minimum Gasteiger partial charge on any atom is -0.497 e. The third-order valence-corrected chi connectivity index (χ3v) is 4.91. The molecule has 0 amide bonds. The quantitative estimate of drug-likeness (QED) is 0.634. The fraction of sp³-hybridized carbons (Fsp3) is 0.348. The highest BCUT2D eigenvalue weighted by molar-refractivity contribution is 5.98. The molecule has 1 aromatic heterocycles. The first-order valence-electron chi connectivity index (χ1n) is 9.58. The van der Waals surface area contributed by atoms with E-state index < -0.39 is 6.10 Å². The van der Waals surface area contributed by atoms with Gasteiger partial charge in [-0.15, -0.1) is 0 Å². The number of ether oxygens (including phenoxy) is 2. The van der Waals surface area contributed by atoms with E-state index in [1.165, 1.54) is 0 Å². The molecule has 0 fully saturated rings. The van der Waals surface area contributed by atoms with Crippen molar-refractivity contribution in [2.45, 2.75) is 12.7 Å². The second-order valence-corrected chi connectivity index (χ2v) is 7.39. The summed E-state index contributed by atoms with van der Waals surface area (Å²) in [5, 5.41) is 11.5. The molecule has 3 rings (SSSR count). The molecule has 1 atom stereocenters. The van der Waals surface area contributed by atoms with Crippen molar-refractivity contribution in [2.24, 2.45) is 7.05 Å². The van der Waals surface area contributed by atoms with Crippen LogP contribution in [0.15, 0.2) is 53.3 Å². The minimum atomic E-state index is -0.595. The Balaban J connectivity index is 2.10. The second kappa shape index (κ2) is 9.22. The van der Waals surface area contributed by atoms with E-state index in [2.05, 4.69) is 0 Å². The van der Waals surface area contributed by atoms with E-state index in [1.54, 1.807) is 30.9 Å². The summed E-state index contributed by atoms with van der Waals surface area (Å²) in [5.41, 5.74) is 2.60. The van der Waals surface area contributed by atoms with Crippen LogP contribution in [0.5, 0.6) is 5.75 Å². The molecular weight excluding hydrogens is 368 g/mol. The third-order valence-electron chi connectivity index (χ3n) is 4.91. The average Bonchev–Trinajstić information content (AvgIpc) is 2.71. The molecule has 29 heavy (non-hydrogen) atoms. The second-order valence-electron chi connectivity index (χ2n) is 7.39. The lowest BCUT2D eigenvalue weighted by molar-refractivity contribution is 0.0151. The number of pyridine rings is 1. The van der Waals surface area contributed by atoms with Gasteiger partial charge in [0.2, 0.25) is 0 Å². The Hall–Kier alpha value is -2.67. The van der Waals surface area contributed by atoms with E-state index in [4.69, 9.17) is 9.47 Å². The highest BCUT2D eigenvalue weighted by atomic mass is 16.5. The summed E-state index contributed by atoms with van der Waals surface area (Å²) in [7, 11) is 7.17. The van der Waals surface area contributed by atoms with E-state index in [1.807, 2.05) is 55.4 Å². The standard InChI is InChI=1S/C23H28N2O4/c1-24(2)13-17(26)14-29-15-21-22(16-8-6-5-7-9-16)20-12-18(28-4)10-11-19(20)23(27)25(21)3/h5-12,17,26H,13-15H2,1-4H3. The number of benzene rings is 2. The van der Waals surface area contributed by atoms with E-state index >= 15 is 0 Å². The summed E-state index contributed by atoms with van der Waals surface area (Å²) in [6, 6.07) is 15.4. The molecule has 154 valence electrons. The molecule has 6 heteroatoms. The zero-order valence-electron chi connectivity index (χ0n) is 17.4. The van der Waals surface area contributed by atoms with Crippen LogP contribution < -0.4 is 10.3 Å². The van der Waals surface area contributed by atoms with Crippen molar-refractivity contribution in [3.8, 4) is 16.9 Å². The van der Waals surface area contributed by atoms with Gasteiger partial charge in [0.1, 0.15) is 5.75 Å². The van der Waals surface area contributed by atoms with Gasteiger partial charge in [-0.2, -0.15) is 0 Å². The molecule has 2 aromatic carbocycles. The SMILES string of the molecule is COc1ccc2c(=O)n(C)c(COCC(O)CN(C)C)c(-c3ccccc3)c2c1. The van der Waals surface area contributed by atoms with Gasteiger partial charge < -0.3 is 24.0 Å². The van der Waals surface area contributed by atoms with Gasteiger partial charge in [0.05, 0.1) is 32.1 Å². The number of hydrogen-bond donors (Lipinski definition) is 1. The summed E-state index contributed by atoms with van der Waals surface area (Å²) in [6.07, 6.45) is -0.595. The van der Waals surface area contributed by atoms with Crippen LogP contribution in [0.1, 0.15) is 5.69 Å². The van der Waals surface area contributed by atoms with Crippen LogP contribution in [0.3, 0.4) is 0 Å². The Morgan fingerprint density at radius 3 is 2.48 bits per heavy atom. The van der Waals surface area contributed by atoms with Crippen molar-refractivity contribution < 1.29 is 14.6 Å². The first-order chi connectivity index (χ1) is 13.9. The summed E-state index contributed by atoms with van der Waals surface area (Å²) in [5.74, 6) is 0.691. The van der Waals surface area contributed by atoms with Crippen LogP contribution in [-0.2, 0) is 18.4 Å². The van der Waals surface area contributed by atoms with Gasteiger partial charge in [-0.3, -0.25) is 4.79 Å². The maximum absolute atomic E-state index is 13.0. The number of likely N-dealkylation sites (N-methyl/N-ethyl adjacent to an activating group) is 1. The minimum absolute atomic E-state index is 0.0882. The lowest BCUT2D eigenvalue weighted by Crippen LogP contribution is -2.30. The summed E-state index contributed by atoms with van der Waals surface area (Å²) in [6.45, 7) is 0.920. The topological polar surface area (TPSA) is 63.9 Å². The normalized spacial score (nSPS) is 12.5. The molecule has 0 aliphatic carbocycles. The monoisotopic (exact) mass is 396 g/mol. The lowest BCUT2D eigenvalue weighted by Gasteiger charge is -2.20. The van der Waals surface area contributed by atoms with Gasteiger partial charge in [-0.1, -0.05) is 30.3 Å². The number of fused-ring (bicyclic) bond motifs is 1. The molecule has 0 aliphatic heterocycles. The van der Waals surface area contributed by atoms with E-state index in [-0.39, 0.29) is 18.8 Å². The average molecular weight is 396 g/mol. The molecule has 0 aliphatic rings. The largest absolute Gasteiger partial charge is 0.497 e. The highest BCUT2D eigenvalue weighted by Crippen LogP contribution is 2.33. The highest BCUT2D eigenvalue weighted by Gasteiger charge is 2.18. The van der Waals surface area contributed by atoms with Crippen molar-refractivity contribution >= 4 is 10.8 Å². The number of aliphatic hydroxyl groups excluding tert-OH is 1. The Labute approximate surface area is 170 Å². The number of aliphatic hydroxyl groups is 1. The van der Waals surface area contributed by atoms with Gasteiger partial charge in [-0.25, -0.2) is 0 Å². The number of rotatable bonds is 8. The van der Waals surface area contributed by atoms with Gasteiger partial charge in [-0.05, 0) is 37.9 Å². The number of aromatic nitrogens is 1. The zero-order valence-corrected chi connectivity index (χ0v) is 17.4. The molecule has 0 spiro atoms. The zero-order chi connectivity index (χ0) is 21.0. The Kier molecular flexibility index (Phi) is 6.69. The summed E-state index contributed by atoms with van der Waals surface area (Å²) in [4.78, 5) is 14.9. The van der Waals surface area contributed by atoms with Crippen LogP contribution in [0, 0.1) is 0 Å². The molecule has 1 heterocycles. The number of methoxy groups -OCH3 is 1. The molecule has 0 saturated heterocycles. The molecule has 3 aromatic rings. The van der Waals surface area contributed by atoms with Crippen molar-refractivity contribution in [1.29, 1.82) is 0 Å². The number of nitrogens with zero attached hydrogens (tertiary/aromatic N) is 2. The van der Waals surface area contributed by atoms with Crippen molar-refractivity contribution in [3.05, 3.63) is 64.6 Å². The van der Waals surface area contributed by atoms with E-state index in [9.17, 15) is 9.90 Å². The van der Waals surface area contributed by atoms with E-state index in [0.717, 1.165) is 22.2 Å². The molecular formula is C23H28N2O4. The third kappa shape index (κ3) is 4.67. The van der Waals surface area contributed by atoms with Crippen molar-refractivity contribution in [2.75, 3.05) is 34.4 Å². The van der Waals surface area contributed by atoms with Crippen molar-refractivity contribution in [1.82, 2.24) is 9.47 Å². The van der Waals surface area contributed by atoms with Gasteiger partial charge >= 0.3 is 0 Å². The van der Waals surface area contributed by atoms with Crippen LogP contribution in [0.4, 0.5) is 0 Å². The van der Waals surface area contributed by atoms with Gasteiger partial charge in [0, 0.05) is 29.9 Å². The fourth-order valence-corrected chi connectivity index (χ4v) is 3.53. The Bertz CT molecular complexity index is 1030. The summed E-state index contributed by atoms with van der Waals surface area (Å²) < 4.78 is 12.8. The van der Waals surface area contributed by atoms with E-state index in [0.29, 0.717) is 17.7 Å². The van der Waals surface area contributed by atoms with Crippen LogP contribution >= 0.6 is 0 Å². The number of hydrogen-bond acceptors (Lipinski definition) is 5. The predicted octanol–water partition coefficient (Wildman–Crippen LogP) is 2.65. The van der Waals surface area contributed by atoms with Crippen LogP contribution in [-0.4, -0.2) is 55.0 Å². The Morgan fingerprint density at radius 1 is 1.10 bits per heavy atom. The Morgan fingerprint density at radius 2 is 1.83 bits per heavy atom. The maximum atomic E-state index is 13.0. The first kappa shape index (κ1) is 21.0.